The second kappa shape index (κ2) is 13.3. The van der Waals surface area contributed by atoms with Crippen LogP contribution in [0.1, 0.15) is 56.5 Å². The summed E-state index contributed by atoms with van der Waals surface area (Å²) in [6.07, 6.45) is 0.0386. The van der Waals surface area contributed by atoms with Crippen molar-refractivity contribution in [1.29, 1.82) is 0 Å². The van der Waals surface area contributed by atoms with Crippen LogP contribution in [0.4, 0.5) is 15.3 Å². The Kier molecular flexibility index (Phi) is 10.5. The smallest absolute Gasteiger partial charge is 0.412 e. The van der Waals surface area contributed by atoms with E-state index < -0.39 is 35.5 Å². The van der Waals surface area contributed by atoms with Gasteiger partial charge in [0, 0.05) is 17.8 Å². The molecule has 2 aromatic carbocycles. The molecule has 194 valence electrons. The number of hydrogen-bond acceptors (Lipinski definition) is 6. The number of rotatable bonds is 10. The molecule has 1 atom stereocenters. The molecule has 0 saturated heterocycles. The van der Waals surface area contributed by atoms with Crippen LogP contribution in [0.2, 0.25) is 0 Å². The number of para-hydroxylation sites is 1. The number of unbranched alkanes of at least 4 members (excludes halogenated alkanes) is 1. The largest absolute Gasteiger partial charge is 0.453 e. The lowest BCUT2D eigenvalue weighted by molar-refractivity contribution is -0.124. The van der Waals surface area contributed by atoms with E-state index in [0.29, 0.717) is 17.8 Å². The Labute approximate surface area is 212 Å². The minimum Gasteiger partial charge on any atom is -0.453 e. The van der Waals surface area contributed by atoms with Crippen molar-refractivity contribution in [3.05, 3.63) is 65.7 Å². The van der Waals surface area contributed by atoms with Gasteiger partial charge in [-0.15, -0.1) is 0 Å². The molecule has 9 heteroatoms. The number of hydrogen-bond donors (Lipinski definition) is 2. The standard InChI is InChI=1S/C27H35N3O6/c1-6-7-17-28-24(32)22(23(31)19-13-9-8-10-14-19)30(26(34)35-5)18-20-15-11-12-16-21(20)29-25(33)36-27(2,3)4/h8-16,22H,6-7,17-18H2,1-5H3,(H,28,32)(H,29,33). The molecule has 3 amide bonds. The summed E-state index contributed by atoms with van der Waals surface area (Å²) in [6.45, 7) is 7.40. The lowest BCUT2D eigenvalue weighted by Crippen LogP contribution is -2.53. The van der Waals surface area contributed by atoms with Crippen molar-refractivity contribution in [2.45, 2.75) is 58.7 Å². The quantitative estimate of drug-likeness (QED) is 0.278. The summed E-state index contributed by atoms with van der Waals surface area (Å²) < 4.78 is 10.3. The number of ether oxygens (including phenoxy) is 2. The maximum atomic E-state index is 13.5. The highest BCUT2D eigenvalue weighted by Crippen LogP contribution is 2.22. The maximum absolute atomic E-state index is 13.5. The summed E-state index contributed by atoms with van der Waals surface area (Å²) >= 11 is 0. The molecule has 2 aromatic rings. The number of nitrogens with one attached hydrogen (secondary N) is 2. The average molecular weight is 498 g/mol. The summed E-state index contributed by atoms with van der Waals surface area (Å²) in [4.78, 5) is 53.1. The second-order valence-corrected chi connectivity index (χ2v) is 9.16. The highest BCUT2D eigenvalue weighted by atomic mass is 16.6. The number of carbonyl (C=O) groups excluding carboxylic acids is 4. The Bertz CT molecular complexity index is 1050. The van der Waals surface area contributed by atoms with E-state index in [1.807, 2.05) is 6.92 Å². The lowest BCUT2D eigenvalue weighted by atomic mass is 10.0. The van der Waals surface area contributed by atoms with Gasteiger partial charge in [-0.25, -0.2) is 9.59 Å². The molecule has 0 aromatic heterocycles. The van der Waals surface area contributed by atoms with Crippen LogP contribution in [-0.2, 0) is 20.8 Å². The molecule has 9 nitrogen and oxygen atoms in total. The fraction of sp³-hybridized carbons (Fsp3) is 0.407. The number of carbonyl (C=O) groups is 4. The van der Waals surface area contributed by atoms with Crippen molar-refractivity contribution in [2.75, 3.05) is 19.0 Å². The molecule has 0 radical (unpaired) electrons. The van der Waals surface area contributed by atoms with Gasteiger partial charge in [-0.2, -0.15) is 0 Å². The molecule has 0 aliphatic heterocycles. The van der Waals surface area contributed by atoms with Gasteiger partial charge in [0.05, 0.1) is 13.7 Å². The van der Waals surface area contributed by atoms with E-state index in [4.69, 9.17) is 9.47 Å². The Balaban J connectivity index is 2.44. The third-order valence-corrected chi connectivity index (χ3v) is 5.10. The molecular formula is C27H35N3O6. The molecule has 0 spiro atoms. The summed E-state index contributed by atoms with van der Waals surface area (Å²) in [5.41, 5.74) is 0.432. The van der Waals surface area contributed by atoms with Crippen LogP contribution in [0.25, 0.3) is 0 Å². The zero-order valence-electron chi connectivity index (χ0n) is 21.5. The van der Waals surface area contributed by atoms with E-state index in [-0.39, 0.29) is 12.1 Å². The molecule has 0 aliphatic rings. The van der Waals surface area contributed by atoms with E-state index in [1.165, 1.54) is 7.11 Å². The third kappa shape index (κ3) is 8.41. The van der Waals surface area contributed by atoms with Gasteiger partial charge in [0.1, 0.15) is 5.60 Å². The van der Waals surface area contributed by atoms with Gasteiger partial charge < -0.3 is 14.8 Å². The second-order valence-electron chi connectivity index (χ2n) is 9.16. The first-order valence-corrected chi connectivity index (χ1v) is 11.9. The van der Waals surface area contributed by atoms with Gasteiger partial charge in [-0.1, -0.05) is 61.9 Å². The van der Waals surface area contributed by atoms with Crippen LogP contribution >= 0.6 is 0 Å². The SMILES string of the molecule is CCCCNC(=O)C(C(=O)c1ccccc1)N(Cc1ccccc1NC(=O)OC(C)(C)C)C(=O)OC. The molecule has 36 heavy (non-hydrogen) atoms. The molecular weight excluding hydrogens is 462 g/mol. The zero-order chi connectivity index (χ0) is 26.7. The van der Waals surface area contributed by atoms with Crippen molar-refractivity contribution in [2.24, 2.45) is 0 Å². The molecule has 2 rings (SSSR count). The van der Waals surface area contributed by atoms with Crippen LogP contribution in [0.5, 0.6) is 0 Å². The number of benzene rings is 2. The topological polar surface area (TPSA) is 114 Å². The maximum Gasteiger partial charge on any atom is 0.412 e. The van der Waals surface area contributed by atoms with Gasteiger partial charge in [0.25, 0.3) is 5.91 Å². The van der Waals surface area contributed by atoms with Crippen molar-refractivity contribution in [3.8, 4) is 0 Å². The monoisotopic (exact) mass is 497 g/mol. The minimum absolute atomic E-state index is 0.177. The van der Waals surface area contributed by atoms with E-state index in [0.717, 1.165) is 17.7 Å². The summed E-state index contributed by atoms with van der Waals surface area (Å²) in [5, 5.41) is 5.43. The molecule has 1 unspecified atom stereocenters. The fourth-order valence-corrected chi connectivity index (χ4v) is 3.40. The normalized spacial score (nSPS) is 11.7. The van der Waals surface area contributed by atoms with E-state index in [2.05, 4.69) is 10.6 Å². The predicted molar refractivity (Wildman–Crippen MR) is 137 cm³/mol. The number of ketones is 1. The van der Waals surface area contributed by atoms with Crippen LogP contribution in [0.3, 0.4) is 0 Å². The fourth-order valence-electron chi connectivity index (χ4n) is 3.40. The van der Waals surface area contributed by atoms with Crippen LogP contribution < -0.4 is 10.6 Å². The number of methoxy groups -OCH3 is 1. The molecule has 0 fully saturated rings. The van der Waals surface area contributed by atoms with Crippen molar-refractivity contribution < 1.29 is 28.7 Å². The van der Waals surface area contributed by atoms with Crippen LogP contribution in [-0.4, -0.2) is 54.1 Å². The third-order valence-electron chi connectivity index (χ3n) is 5.10. The Morgan fingerprint density at radius 1 is 0.972 bits per heavy atom. The minimum atomic E-state index is -1.48. The van der Waals surface area contributed by atoms with Crippen molar-refractivity contribution >= 4 is 29.6 Å². The molecule has 0 saturated carbocycles. The number of nitrogens with zero attached hydrogens (tertiary/aromatic N) is 1. The van der Waals surface area contributed by atoms with Crippen LogP contribution in [0.15, 0.2) is 54.6 Å². The van der Waals surface area contributed by atoms with Gasteiger partial charge in [0.15, 0.2) is 11.8 Å². The Morgan fingerprint density at radius 3 is 2.22 bits per heavy atom. The highest BCUT2D eigenvalue weighted by Gasteiger charge is 2.37. The molecule has 0 heterocycles. The first kappa shape index (κ1) is 28.4. The number of amides is 3. The number of Topliss-reactive ketones (excluding diaryl/α,β-unsaturated/α-hetero) is 1. The van der Waals surface area contributed by atoms with Crippen LogP contribution in [0, 0.1) is 0 Å². The van der Waals surface area contributed by atoms with Gasteiger partial charge in [-0.05, 0) is 38.8 Å². The van der Waals surface area contributed by atoms with Gasteiger partial charge in [-0.3, -0.25) is 19.8 Å². The highest BCUT2D eigenvalue weighted by molar-refractivity contribution is 6.14. The number of anilines is 1. The average Bonchev–Trinajstić information content (AvgIpc) is 2.83. The van der Waals surface area contributed by atoms with Crippen molar-refractivity contribution in [1.82, 2.24) is 10.2 Å². The zero-order valence-corrected chi connectivity index (χ0v) is 21.5. The van der Waals surface area contributed by atoms with E-state index in [9.17, 15) is 19.2 Å². The van der Waals surface area contributed by atoms with Gasteiger partial charge in [0.2, 0.25) is 0 Å². The van der Waals surface area contributed by atoms with Gasteiger partial charge >= 0.3 is 12.2 Å². The lowest BCUT2D eigenvalue weighted by Gasteiger charge is -2.29. The first-order chi connectivity index (χ1) is 17.1. The van der Waals surface area contributed by atoms with E-state index in [1.54, 1.807) is 75.4 Å². The molecule has 2 N–H and O–H groups in total. The molecule has 0 aliphatic carbocycles. The summed E-state index contributed by atoms with van der Waals surface area (Å²) in [6, 6.07) is 13.6. The Morgan fingerprint density at radius 2 is 1.61 bits per heavy atom. The summed E-state index contributed by atoms with van der Waals surface area (Å²) in [7, 11) is 1.18. The predicted octanol–water partition coefficient (Wildman–Crippen LogP) is 4.77. The summed E-state index contributed by atoms with van der Waals surface area (Å²) in [5.74, 6) is -1.16. The Hall–Kier alpha value is -3.88. The van der Waals surface area contributed by atoms with E-state index >= 15 is 0 Å². The van der Waals surface area contributed by atoms with Crippen molar-refractivity contribution in [3.63, 3.8) is 0 Å². The molecule has 0 bridgehead atoms. The first-order valence-electron chi connectivity index (χ1n) is 11.9.